The van der Waals surface area contributed by atoms with Crippen LogP contribution in [-0.4, -0.2) is 34.3 Å². The van der Waals surface area contributed by atoms with Crippen LogP contribution >= 0.6 is 0 Å². The maximum absolute atomic E-state index is 5.94. The molecule has 0 bridgehead atoms. The van der Waals surface area contributed by atoms with Gasteiger partial charge < -0.3 is 5.73 Å². The van der Waals surface area contributed by atoms with E-state index >= 15 is 0 Å². The zero-order valence-corrected chi connectivity index (χ0v) is 10.3. The van der Waals surface area contributed by atoms with E-state index in [0.717, 1.165) is 6.42 Å². The highest BCUT2D eigenvalue weighted by Crippen LogP contribution is 2.26. The van der Waals surface area contributed by atoms with Crippen molar-refractivity contribution in [3.8, 4) is 0 Å². The monoisotopic (exact) mass is 222 g/mol. The fourth-order valence-corrected chi connectivity index (χ4v) is 2.63. The highest BCUT2D eigenvalue weighted by molar-refractivity contribution is 5.22. The van der Waals surface area contributed by atoms with Gasteiger partial charge in [0.15, 0.2) is 0 Å². The molecule has 1 unspecified atom stereocenters. The predicted octanol–water partition coefficient (Wildman–Crippen LogP) is 1.08. The molecule has 4 nitrogen and oxygen atoms in total. The van der Waals surface area contributed by atoms with Gasteiger partial charge in [-0.05, 0) is 32.4 Å². The predicted molar refractivity (Wildman–Crippen MR) is 65.2 cm³/mol. The smallest absolute Gasteiger partial charge is 0.0670 e. The molecular weight excluding hydrogens is 200 g/mol. The molecule has 1 aliphatic heterocycles. The molecule has 4 heteroatoms. The Morgan fingerprint density at radius 3 is 2.69 bits per heavy atom. The Balaban J connectivity index is 2.24. The molecule has 1 saturated heterocycles. The molecule has 0 radical (unpaired) electrons. The Bertz CT molecular complexity index is 339. The first-order chi connectivity index (χ1) is 7.76. The van der Waals surface area contributed by atoms with Crippen LogP contribution in [-0.2, 0) is 13.5 Å². The van der Waals surface area contributed by atoms with Crippen molar-refractivity contribution >= 4 is 0 Å². The summed E-state index contributed by atoms with van der Waals surface area (Å²) in [5.74, 6) is 0. The van der Waals surface area contributed by atoms with Gasteiger partial charge >= 0.3 is 0 Å². The fraction of sp³-hybridized carbons (Fsp3) is 0.750. The molecule has 0 spiro atoms. The molecule has 2 rings (SSSR count). The average Bonchev–Trinajstić information content (AvgIpc) is 2.89. The number of hydrogen-bond donors (Lipinski definition) is 1. The SMILES string of the molecule is CCc1nn(C)cc1C(CN)N1CCCC1. The van der Waals surface area contributed by atoms with Crippen molar-refractivity contribution in [2.45, 2.75) is 32.2 Å². The lowest BCUT2D eigenvalue weighted by Crippen LogP contribution is -2.31. The van der Waals surface area contributed by atoms with Gasteiger partial charge in [-0.2, -0.15) is 5.10 Å². The van der Waals surface area contributed by atoms with Crippen LogP contribution in [0.3, 0.4) is 0 Å². The summed E-state index contributed by atoms with van der Waals surface area (Å²) in [6, 6.07) is 0.367. The summed E-state index contributed by atoms with van der Waals surface area (Å²) < 4.78 is 1.91. The number of aromatic nitrogens is 2. The summed E-state index contributed by atoms with van der Waals surface area (Å²) in [6.45, 7) is 5.21. The number of nitrogens with two attached hydrogens (primary N) is 1. The first-order valence-electron chi connectivity index (χ1n) is 6.22. The first-order valence-corrected chi connectivity index (χ1v) is 6.22. The minimum Gasteiger partial charge on any atom is -0.329 e. The van der Waals surface area contributed by atoms with Gasteiger partial charge in [-0.15, -0.1) is 0 Å². The van der Waals surface area contributed by atoms with Gasteiger partial charge in [-0.1, -0.05) is 6.92 Å². The number of nitrogens with zero attached hydrogens (tertiary/aromatic N) is 3. The third kappa shape index (κ3) is 2.13. The van der Waals surface area contributed by atoms with Crippen molar-refractivity contribution in [1.29, 1.82) is 0 Å². The lowest BCUT2D eigenvalue weighted by Gasteiger charge is -2.26. The van der Waals surface area contributed by atoms with E-state index in [0.29, 0.717) is 12.6 Å². The summed E-state index contributed by atoms with van der Waals surface area (Å²) in [4.78, 5) is 2.50. The van der Waals surface area contributed by atoms with Gasteiger partial charge in [0.05, 0.1) is 11.7 Å². The molecule has 1 fully saturated rings. The molecular formula is C12H22N4. The normalized spacial score (nSPS) is 19.2. The van der Waals surface area contributed by atoms with Crippen LogP contribution in [0.25, 0.3) is 0 Å². The first kappa shape index (κ1) is 11.6. The second-order valence-electron chi connectivity index (χ2n) is 4.55. The molecule has 0 amide bonds. The van der Waals surface area contributed by atoms with Crippen LogP contribution in [0.15, 0.2) is 6.20 Å². The maximum Gasteiger partial charge on any atom is 0.0670 e. The van der Waals surface area contributed by atoms with Crippen LogP contribution in [0.5, 0.6) is 0 Å². The number of rotatable bonds is 4. The molecule has 1 aromatic rings. The van der Waals surface area contributed by atoms with Crippen molar-refractivity contribution < 1.29 is 0 Å². The summed E-state index contributed by atoms with van der Waals surface area (Å²) in [7, 11) is 1.99. The van der Waals surface area contributed by atoms with E-state index < -0.39 is 0 Å². The van der Waals surface area contributed by atoms with Crippen LogP contribution in [0.1, 0.15) is 37.1 Å². The van der Waals surface area contributed by atoms with Gasteiger partial charge in [-0.25, -0.2) is 0 Å². The van der Waals surface area contributed by atoms with E-state index in [-0.39, 0.29) is 0 Å². The lowest BCUT2D eigenvalue weighted by atomic mass is 10.1. The zero-order chi connectivity index (χ0) is 11.5. The Hall–Kier alpha value is -0.870. The molecule has 1 atom stereocenters. The molecule has 2 N–H and O–H groups in total. The van der Waals surface area contributed by atoms with Gasteiger partial charge in [0.25, 0.3) is 0 Å². The highest BCUT2D eigenvalue weighted by atomic mass is 15.3. The van der Waals surface area contributed by atoms with Crippen molar-refractivity contribution in [3.05, 3.63) is 17.5 Å². The van der Waals surface area contributed by atoms with Gasteiger partial charge in [0, 0.05) is 25.4 Å². The van der Waals surface area contributed by atoms with E-state index in [2.05, 4.69) is 23.1 Å². The molecule has 1 aromatic heterocycles. The Kier molecular flexibility index (Phi) is 3.61. The van der Waals surface area contributed by atoms with E-state index in [9.17, 15) is 0 Å². The maximum atomic E-state index is 5.94. The molecule has 90 valence electrons. The van der Waals surface area contributed by atoms with Crippen LogP contribution in [0, 0.1) is 0 Å². The lowest BCUT2D eigenvalue weighted by molar-refractivity contribution is 0.250. The number of likely N-dealkylation sites (tertiary alicyclic amines) is 1. The largest absolute Gasteiger partial charge is 0.329 e. The molecule has 0 saturated carbocycles. The summed E-state index contributed by atoms with van der Waals surface area (Å²) >= 11 is 0. The second kappa shape index (κ2) is 4.97. The van der Waals surface area contributed by atoms with E-state index in [1.54, 1.807) is 0 Å². The number of aryl methyl sites for hydroxylation is 2. The van der Waals surface area contributed by atoms with E-state index in [1.165, 1.54) is 37.2 Å². The summed E-state index contributed by atoms with van der Waals surface area (Å²) in [5.41, 5.74) is 8.47. The van der Waals surface area contributed by atoms with E-state index in [4.69, 9.17) is 5.73 Å². The standard InChI is InChI=1S/C12H22N4/c1-3-11-10(9-15(2)14-11)12(8-13)16-6-4-5-7-16/h9,12H,3-8,13H2,1-2H3. The Morgan fingerprint density at radius 2 is 2.12 bits per heavy atom. The second-order valence-corrected chi connectivity index (χ2v) is 4.55. The van der Waals surface area contributed by atoms with Crippen LogP contribution in [0.4, 0.5) is 0 Å². The quantitative estimate of drug-likeness (QED) is 0.829. The van der Waals surface area contributed by atoms with Crippen molar-refractivity contribution in [1.82, 2.24) is 14.7 Å². The van der Waals surface area contributed by atoms with Crippen molar-refractivity contribution in [2.24, 2.45) is 12.8 Å². The summed E-state index contributed by atoms with van der Waals surface area (Å²) in [5, 5.41) is 4.50. The number of hydrogen-bond acceptors (Lipinski definition) is 3. The molecule has 0 aliphatic carbocycles. The van der Waals surface area contributed by atoms with Crippen LogP contribution in [0.2, 0.25) is 0 Å². The third-order valence-corrected chi connectivity index (χ3v) is 3.44. The van der Waals surface area contributed by atoms with Crippen LogP contribution < -0.4 is 5.73 Å². The van der Waals surface area contributed by atoms with Crippen molar-refractivity contribution in [2.75, 3.05) is 19.6 Å². The zero-order valence-electron chi connectivity index (χ0n) is 10.3. The Labute approximate surface area is 97.4 Å². The van der Waals surface area contributed by atoms with Gasteiger partial charge in [0.1, 0.15) is 0 Å². The highest BCUT2D eigenvalue weighted by Gasteiger charge is 2.25. The fourth-order valence-electron chi connectivity index (χ4n) is 2.63. The Morgan fingerprint density at radius 1 is 1.44 bits per heavy atom. The minimum absolute atomic E-state index is 0.367. The molecule has 2 heterocycles. The summed E-state index contributed by atoms with van der Waals surface area (Å²) in [6.07, 6.45) is 5.73. The third-order valence-electron chi connectivity index (χ3n) is 3.44. The van der Waals surface area contributed by atoms with E-state index in [1.807, 2.05) is 11.7 Å². The molecule has 0 aromatic carbocycles. The topological polar surface area (TPSA) is 47.1 Å². The molecule has 1 aliphatic rings. The van der Waals surface area contributed by atoms with Gasteiger partial charge in [-0.3, -0.25) is 9.58 Å². The van der Waals surface area contributed by atoms with Crippen molar-refractivity contribution in [3.63, 3.8) is 0 Å². The minimum atomic E-state index is 0.367. The average molecular weight is 222 g/mol. The van der Waals surface area contributed by atoms with Gasteiger partial charge in [0.2, 0.25) is 0 Å². The molecule has 16 heavy (non-hydrogen) atoms.